The zero-order valence-electron chi connectivity index (χ0n) is 11.0. The fraction of sp³-hybridized carbons (Fsp3) is 0.538. The molecule has 0 atom stereocenters. The van der Waals surface area contributed by atoms with E-state index in [-0.39, 0.29) is 5.69 Å². The van der Waals surface area contributed by atoms with Crippen LogP contribution >= 0.6 is 0 Å². The number of piperidine rings is 1. The summed E-state index contributed by atoms with van der Waals surface area (Å²) in [5.41, 5.74) is 7.01. The molecule has 1 fully saturated rings. The van der Waals surface area contributed by atoms with Gasteiger partial charge in [-0.3, -0.25) is 10.1 Å². The summed E-state index contributed by atoms with van der Waals surface area (Å²) < 4.78 is 5.59. The zero-order valence-corrected chi connectivity index (χ0v) is 11.0. The highest BCUT2D eigenvalue weighted by atomic mass is 16.6. The van der Waals surface area contributed by atoms with E-state index in [1.807, 2.05) is 6.92 Å². The van der Waals surface area contributed by atoms with Crippen LogP contribution in [-0.2, 0) is 4.74 Å². The minimum atomic E-state index is -0.410. The summed E-state index contributed by atoms with van der Waals surface area (Å²) in [6, 6.07) is 4.75. The highest BCUT2D eigenvalue weighted by molar-refractivity contribution is 5.62. The lowest BCUT2D eigenvalue weighted by molar-refractivity contribution is -0.384. The molecule has 1 saturated heterocycles. The number of benzene rings is 1. The molecule has 104 valence electrons. The fourth-order valence-corrected chi connectivity index (χ4v) is 2.42. The lowest BCUT2D eigenvalue weighted by Gasteiger charge is -2.33. The quantitative estimate of drug-likeness (QED) is 0.512. The van der Waals surface area contributed by atoms with Crippen molar-refractivity contribution in [1.82, 2.24) is 0 Å². The van der Waals surface area contributed by atoms with Gasteiger partial charge in [0, 0.05) is 43.2 Å². The molecule has 1 aliphatic heterocycles. The molecule has 0 aromatic heterocycles. The maximum Gasteiger partial charge on any atom is 0.273 e. The van der Waals surface area contributed by atoms with Crippen molar-refractivity contribution in [3.05, 3.63) is 28.3 Å². The van der Waals surface area contributed by atoms with Crippen molar-refractivity contribution >= 4 is 17.1 Å². The number of ether oxygens (including phenoxy) is 1. The van der Waals surface area contributed by atoms with Gasteiger partial charge < -0.3 is 15.4 Å². The van der Waals surface area contributed by atoms with Crippen molar-refractivity contribution in [3.8, 4) is 0 Å². The van der Waals surface area contributed by atoms with Crippen LogP contribution in [-0.4, -0.2) is 30.7 Å². The predicted molar refractivity (Wildman–Crippen MR) is 74.4 cm³/mol. The Morgan fingerprint density at radius 2 is 2.11 bits per heavy atom. The first-order chi connectivity index (χ1) is 9.10. The summed E-state index contributed by atoms with van der Waals surface area (Å²) in [5, 5.41) is 10.8. The molecule has 0 spiro atoms. The smallest absolute Gasteiger partial charge is 0.273 e. The Morgan fingerprint density at radius 3 is 2.68 bits per heavy atom. The minimum Gasteiger partial charge on any atom is -0.398 e. The molecule has 19 heavy (non-hydrogen) atoms. The summed E-state index contributed by atoms with van der Waals surface area (Å²) in [6.45, 7) is 4.40. The van der Waals surface area contributed by atoms with Gasteiger partial charge in [0.15, 0.2) is 0 Å². The van der Waals surface area contributed by atoms with Crippen LogP contribution in [0, 0.1) is 10.1 Å². The topological polar surface area (TPSA) is 81.6 Å². The average Bonchev–Trinajstić information content (AvgIpc) is 2.39. The molecule has 6 heteroatoms. The molecule has 0 bridgehead atoms. The first-order valence-electron chi connectivity index (χ1n) is 6.51. The highest BCUT2D eigenvalue weighted by Gasteiger charge is 2.21. The molecule has 0 amide bonds. The summed E-state index contributed by atoms with van der Waals surface area (Å²) in [5.74, 6) is 0. The lowest BCUT2D eigenvalue weighted by Crippen LogP contribution is -2.37. The third-order valence-electron chi connectivity index (χ3n) is 3.35. The van der Waals surface area contributed by atoms with E-state index in [4.69, 9.17) is 10.5 Å². The summed E-state index contributed by atoms with van der Waals surface area (Å²) in [4.78, 5) is 12.6. The second kappa shape index (κ2) is 5.88. The van der Waals surface area contributed by atoms with Crippen LogP contribution in [0.15, 0.2) is 18.2 Å². The van der Waals surface area contributed by atoms with Crippen LogP contribution in [0.5, 0.6) is 0 Å². The third-order valence-corrected chi connectivity index (χ3v) is 3.35. The molecule has 0 aliphatic carbocycles. The number of hydrogen-bond acceptors (Lipinski definition) is 5. The van der Waals surface area contributed by atoms with Crippen molar-refractivity contribution < 1.29 is 9.66 Å². The van der Waals surface area contributed by atoms with E-state index < -0.39 is 4.92 Å². The van der Waals surface area contributed by atoms with Crippen molar-refractivity contribution in [1.29, 1.82) is 0 Å². The SMILES string of the molecule is CCOC1CCN(c2cc(N)cc([N+](=O)[O-])c2)CC1. The van der Waals surface area contributed by atoms with Crippen LogP contribution < -0.4 is 10.6 Å². The number of nitro groups is 1. The van der Waals surface area contributed by atoms with Gasteiger partial charge in [-0.05, 0) is 25.8 Å². The van der Waals surface area contributed by atoms with E-state index in [1.54, 1.807) is 12.1 Å². The van der Waals surface area contributed by atoms with Crippen molar-refractivity contribution in [2.75, 3.05) is 30.3 Å². The molecule has 2 rings (SSSR count). The van der Waals surface area contributed by atoms with Gasteiger partial charge in [-0.15, -0.1) is 0 Å². The second-order valence-corrected chi connectivity index (χ2v) is 4.68. The maximum absolute atomic E-state index is 10.8. The summed E-state index contributed by atoms with van der Waals surface area (Å²) in [7, 11) is 0. The molecule has 1 heterocycles. The van der Waals surface area contributed by atoms with Crippen LogP contribution in [0.1, 0.15) is 19.8 Å². The molecule has 2 N–H and O–H groups in total. The molecule has 0 unspecified atom stereocenters. The minimum absolute atomic E-state index is 0.0435. The predicted octanol–water partition coefficient (Wildman–Crippen LogP) is 2.18. The Morgan fingerprint density at radius 1 is 1.42 bits per heavy atom. The van der Waals surface area contributed by atoms with Crippen LogP contribution in [0.25, 0.3) is 0 Å². The Labute approximate surface area is 112 Å². The number of hydrogen-bond donors (Lipinski definition) is 1. The molecule has 0 radical (unpaired) electrons. The van der Waals surface area contributed by atoms with Crippen molar-refractivity contribution in [2.45, 2.75) is 25.9 Å². The first kappa shape index (κ1) is 13.6. The van der Waals surface area contributed by atoms with Gasteiger partial charge in [-0.25, -0.2) is 0 Å². The number of nitrogens with two attached hydrogens (primary N) is 1. The van der Waals surface area contributed by atoms with E-state index in [9.17, 15) is 10.1 Å². The molecular formula is C13H19N3O3. The Bertz CT molecular complexity index is 456. The number of nitrogen functional groups attached to an aromatic ring is 1. The Hall–Kier alpha value is -1.82. The molecule has 6 nitrogen and oxygen atoms in total. The number of non-ortho nitro benzene ring substituents is 1. The fourth-order valence-electron chi connectivity index (χ4n) is 2.42. The van der Waals surface area contributed by atoms with Gasteiger partial charge in [-0.1, -0.05) is 0 Å². The monoisotopic (exact) mass is 265 g/mol. The standard InChI is InChI=1S/C13H19N3O3/c1-2-19-13-3-5-15(6-4-13)11-7-10(14)8-12(9-11)16(17)18/h7-9,13H,2-6,14H2,1H3. The number of anilines is 2. The molecule has 1 aromatic rings. The van der Waals surface area contributed by atoms with Gasteiger partial charge in [0.25, 0.3) is 5.69 Å². The van der Waals surface area contributed by atoms with Gasteiger partial charge in [0.2, 0.25) is 0 Å². The molecule has 1 aromatic carbocycles. The zero-order chi connectivity index (χ0) is 13.8. The number of rotatable bonds is 4. The van der Waals surface area contributed by atoms with Gasteiger partial charge in [0.1, 0.15) is 0 Å². The molecule has 0 saturated carbocycles. The first-order valence-corrected chi connectivity index (χ1v) is 6.51. The van der Waals surface area contributed by atoms with Crippen LogP contribution in [0.3, 0.4) is 0 Å². The highest BCUT2D eigenvalue weighted by Crippen LogP contribution is 2.28. The summed E-state index contributed by atoms with van der Waals surface area (Å²) in [6.07, 6.45) is 2.18. The normalized spacial score (nSPS) is 16.6. The number of nitro benzene ring substituents is 1. The maximum atomic E-state index is 10.8. The Kier molecular flexibility index (Phi) is 4.21. The van der Waals surface area contributed by atoms with E-state index in [0.717, 1.165) is 38.2 Å². The van der Waals surface area contributed by atoms with E-state index >= 15 is 0 Å². The Balaban J connectivity index is 2.09. The van der Waals surface area contributed by atoms with Gasteiger partial charge >= 0.3 is 0 Å². The van der Waals surface area contributed by atoms with E-state index in [1.165, 1.54) is 6.07 Å². The van der Waals surface area contributed by atoms with Crippen molar-refractivity contribution in [2.24, 2.45) is 0 Å². The largest absolute Gasteiger partial charge is 0.398 e. The van der Waals surface area contributed by atoms with E-state index in [0.29, 0.717) is 11.8 Å². The molecule has 1 aliphatic rings. The van der Waals surface area contributed by atoms with Crippen LogP contribution in [0.4, 0.5) is 17.1 Å². The third kappa shape index (κ3) is 3.35. The van der Waals surface area contributed by atoms with E-state index in [2.05, 4.69) is 4.90 Å². The lowest BCUT2D eigenvalue weighted by atomic mass is 10.1. The van der Waals surface area contributed by atoms with Gasteiger partial charge in [0.05, 0.1) is 11.0 Å². The molecular weight excluding hydrogens is 246 g/mol. The van der Waals surface area contributed by atoms with Crippen molar-refractivity contribution in [3.63, 3.8) is 0 Å². The second-order valence-electron chi connectivity index (χ2n) is 4.68. The van der Waals surface area contributed by atoms with Crippen LogP contribution in [0.2, 0.25) is 0 Å². The van der Waals surface area contributed by atoms with Gasteiger partial charge in [-0.2, -0.15) is 0 Å². The summed E-state index contributed by atoms with van der Waals surface area (Å²) >= 11 is 0. The average molecular weight is 265 g/mol. The number of nitrogens with zero attached hydrogens (tertiary/aromatic N) is 2.